The number of rotatable bonds is 13. The third-order valence-electron chi connectivity index (χ3n) is 6.79. The van der Waals surface area contributed by atoms with Gasteiger partial charge >= 0.3 is 0 Å². The van der Waals surface area contributed by atoms with Crippen LogP contribution in [0.25, 0.3) is 0 Å². The van der Waals surface area contributed by atoms with Crippen LogP contribution in [0, 0.1) is 5.82 Å². The van der Waals surface area contributed by atoms with E-state index in [9.17, 15) is 22.4 Å². The normalized spacial score (nSPS) is 11.9. The molecular weight excluding hydrogens is 633 g/mol. The van der Waals surface area contributed by atoms with Gasteiger partial charge in [-0.05, 0) is 66.1 Å². The van der Waals surface area contributed by atoms with E-state index in [0.29, 0.717) is 13.0 Å². The second-order valence-corrected chi connectivity index (χ2v) is 12.7. The first-order valence-corrected chi connectivity index (χ1v) is 16.1. The van der Waals surface area contributed by atoms with Crippen molar-refractivity contribution in [1.29, 1.82) is 0 Å². The number of halogens is 2. The van der Waals surface area contributed by atoms with E-state index in [1.807, 2.05) is 61.5 Å². The predicted molar refractivity (Wildman–Crippen MR) is 169 cm³/mol. The molecule has 224 valence electrons. The van der Waals surface area contributed by atoms with E-state index < -0.39 is 34.3 Å². The fourth-order valence-corrected chi connectivity index (χ4v) is 6.49. The van der Waals surface area contributed by atoms with Crippen LogP contribution >= 0.6 is 15.9 Å². The minimum atomic E-state index is -4.24. The lowest BCUT2D eigenvalue weighted by Crippen LogP contribution is -2.53. The van der Waals surface area contributed by atoms with Crippen molar-refractivity contribution in [2.75, 3.05) is 17.4 Å². The van der Waals surface area contributed by atoms with Gasteiger partial charge in [0.15, 0.2) is 0 Å². The molecular formula is C33H33BrFN3O4S. The first-order valence-electron chi connectivity index (χ1n) is 13.9. The Labute approximate surface area is 260 Å². The van der Waals surface area contributed by atoms with Crippen molar-refractivity contribution in [2.45, 2.75) is 37.2 Å². The standard InChI is InChI=1S/C33H33BrFN3O4S/c1-2-20-36-33(40)31(22-25-10-5-3-6-11-25)37(23-26-12-9-13-27(34)21-26)32(39)24-38(29-18-16-28(35)17-19-29)43(41,42)30-14-7-4-8-15-30/h3-19,21,31H,2,20,22-24H2,1H3,(H,36,40)/t31-/m1/s1. The van der Waals surface area contributed by atoms with Gasteiger partial charge in [-0.1, -0.05) is 83.5 Å². The summed E-state index contributed by atoms with van der Waals surface area (Å²) in [6.45, 7) is 1.81. The van der Waals surface area contributed by atoms with Crippen molar-refractivity contribution in [1.82, 2.24) is 10.2 Å². The van der Waals surface area contributed by atoms with Crippen LogP contribution in [-0.2, 0) is 32.6 Å². The van der Waals surface area contributed by atoms with Gasteiger partial charge in [-0.2, -0.15) is 0 Å². The highest BCUT2D eigenvalue weighted by Gasteiger charge is 2.34. The summed E-state index contributed by atoms with van der Waals surface area (Å²) in [6.07, 6.45) is 0.926. The molecule has 7 nitrogen and oxygen atoms in total. The molecule has 0 saturated carbocycles. The zero-order valence-electron chi connectivity index (χ0n) is 23.7. The quantitative estimate of drug-likeness (QED) is 0.191. The molecule has 0 aliphatic heterocycles. The summed E-state index contributed by atoms with van der Waals surface area (Å²) in [6, 6.07) is 28.4. The molecule has 0 aliphatic carbocycles. The van der Waals surface area contributed by atoms with Gasteiger partial charge in [0.1, 0.15) is 18.4 Å². The number of hydrogen-bond donors (Lipinski definition) is 1. The SMILES string of the molecule is CCCNC(=O)[C@@H](Cc1ccccc1)N(Cc1cccc(Br)c1)C(=O)CN(c1ccc(F)cc1)S(=O)(=O)c1ccccc1. The number of hydrogen-bond acceptors (Lipinski definition) is 4. The molecule has 0 radical (unpaired) electrons. The lowest BCUT2D eigenvalue weighted by atomic mass is 10.0. The van der Waals surface area contributed by atoms with Gasteiger partial charge in [0.05, 0.1) is 10.6 Å². The van der Waals surface area contributed by atoms with Crippen molar-refractivity contribution < 1.29 is 22.4 Å². The molecule has 0 aromatic heterocycles. The summed E-state index contributed by atoms with van der Waals surface area (Å²) in [4.78, 5) is 29.4. The molecule has 4 aromatic rings. The van der Waals surface area contributed by atoms with Crippen LogP contribution in [-0.4, -0.2) is 44.3 Å². The largest absolute Gasteiger partial charge is 0.354 e. The van der Waals surface area contributed by atoms with Gasteiger partial charge in [0.25, 0.3) is 10.0 Å². The van der Waals surface area contributed by atoms with E-state index in [1.165, 1.54) is 29.2 Å². The highest BCUT2D eigenvalue weighted by molar-refractivity contribution is 9.10. The molecule has 10 heteroatoms. The van der Waals surface area contributed by atoms with E-state index in [-0.39, 0.29) is 29.5 Å². The Morgan fingerprint density at radius 2 is 1.49 bits per heavy atom. The van der Waals surface area contributed by atoms with Gasteiger partial charge in [-0.25, -0.2) is 12.8 Å². The number of benzene rings is 4. The second kappa shape index (κ2) is 14.9. The van der Waals surface area contributed by atoms with Crippen LogP contribution < -0.4 is 9.62 Å². The van der Waals surface area contributed by atoms with Crippen molar-refractivity contribution in [2.24, 2.45) is 0 Å². The lowest BCUT2D eigenvalue weighted by molar-refractivity contribution is -0.140. The zero-order valence-corrected chi connectivity index (χ0v) is 26.1. The number of anilines is 1. The van der Waals surface area contributed by atoms with Crippen LogP contribution in [0.4, 0.5) is 10.1 Å². The monoisotopic (exact) mass is 665 g/mol. The third kappa shape index (κ3) is 8.52. The molecule has 2 amide bonds. The molecule has 0 bridgehead atoms. The summed E-state index contributed by atoms with van der Waals surface area (Å²) in [5.41, 5.74) is 1.72. The smallest absolute Gasteiger partial charge is 0.264 e. The molecule has 0 aliphatic rings. The molecule has 43 heavy (non-hydrogen) atoms. The van der Waals surface area contributed by atoms with E-state index in [4.69, 9.17) is 0 Å². The lowest BCUT2D eigenvalue weighted by Gasteiger charge is -2.34. The number of nitrogens with one attached hydrogen (secondary N) is 1. The molecule has 0 heterocycles. The van der Waals surface area contributed by atoms with Crippen molar-refractivity contribution in [3.05, 3.63) is 131 Å². The average molecular weight is 667 g/mol. The van der Waals surface area contributed by atoms with E-state index >= 15 is 0 Å². The summed E-state index contributed by atoms with van der Waals surface area (Å²) >= 11 is 3.47. The summed E-state index contributed by atoms with van der Waals surface area (Å²) in [5.74, 6) is -1.47. The minimum Gasteiger partial charge on any atom is -0.354 e. The molecule has 1 N–H and O–H groups in total. The summed E-state index contributed by atoms with van der Waals surface area (Å²) in [7, 11) is -4.24. The number of amides is 2. The van der Waals surface area contributed by atoms with Crippen LogP contribution in [0.2, 0.25) is 0 Å². The van der Waals surface area contributed by atoms with Gasteiger partial charge < -0.3 is 10.2 Å². The van der Waals surface area contributed by atoms with Gasteiger partial charge in [0.2, 0.25) is 11.8 Å². The fourth-order valence-electron chi connectivity index (χ4n) is 4.61. The first kappa shape index (κ1) is 31.9. The Kier molecular flexibility index (Phi) is 11.1. The highest BCUT2D eigenvalue weighted by Crippen LogP contribution is 2.25. The predicted octanol–water partition coefficient (Wildman–Crippen LogP) is 5.95. The molecule has 0 spiro atoms. The van der Waals surface area contributed by atoms with Crippen LogP contribution in [0.15, 0.2) is 119 Å². The minimum absolute atomic E-state index is 0.0211. The number of sulfonamides is 1. The van der Waals surface area contributed by atoms with Crippen LogP contribution in [0.5, 0.6) is 0 Å². The summed E-state index contributed by atoms with van der Waals surface area (Å²) in [5, 5.41) is 2.92. The molecule has 4 aromatic carbocycles. The molecule has 0 unspecified atom stereocenters. The zero-order chi connectivity index (χ0) is 30.8. The average Bonchev–Trinajstić information content (AvgIpc) is 3.01. The van der Waals surface area contributed by atoms with E-state index in [1.54, 1.807) is 18.2 Å². The second-order valence-electron chi connectivity index (χ2n) is 9.95. The van der Waals surface area contributed by atoms with Gasteiger partial charge in [-0.15, -0.1) is 0 Å². The Morgan fingerprint density at radius 1 is 0.860 bits per heavy atom. The molecule has 0 fully saturated rings. The van der Waals surface area contributed by atoms with Crippen molar-refractivity contribution >= 4 is 43.5 Å². The van der Waals surface area contributed by atoms with Gasteiger partial charge in [-0.3, -0.25) is 13.9 Å². The number of carbonyl (C=O) groups is 2. The van der Waals surface area contributed by atoms with Gasteiger partial charge in [0, 0.05) is 24.0 Å². The number of carbonyl (C=O) groups excluding carboxylic acids is 2. The maximum Gasteiger partial charge on any atom is 0.264 e. The number of nitrogens with zero attached hydrogens (tertiary/aromatic N) is 2. The Balaban J connectivity index is 1.78. The Hall–Kier alpha value is -4.02. The van der Waals surface area contributed by atoms with Crippen LogP contribution in [0.1, 0.15) is 24.5 Å². The third-order valence-corrected chi connectivity index (χ3v) is 9.07. The molecule has 4 rings (SSSR count). The van der Waals surface area contributed by atoms with E-state index in [0.717, 1.165) is 32.0 Å². The van der Waals surface area contributed by atoms with Crippen molar-refractivity contribution in [3.63, 3.8) is 0 Å². The fraction of sp³-hybridized carbons (Fsp3) is 0.212. The topological polar surface area (TPSA) is 86.8 Å². The van der Waals surface area contributed by atoms with Crippen LogP contribution in [0.3, 0.4) is 0 Å². The van der Waals surface area contributed by atoms with E-state index in [2.05, 4.69) is 21.2 Å². The van der Waals surface area contributed by atoms with Crippen molar-refractivity contribution in [3.8, 4) is 0 Å². The Morgan fingerprint density at radius 3 is 2.12 bits per heavy atom. The maximum absolute atomic E-state index is 14.3. The Bertz CT molecular complexity index is 1620. The first-order chi connectivity index (χ1) is 20.7. The molecule has 0 saturated heterocycles. The summed E-state index contributed by atoms with van der Waals surface area (Å²) < 4.78 is 43.4. The molecule has 1 atom stereocenters. The highest BCUT2D eigenvalue weighted by atomic mass is 79.9. The maximum atomic E-state index is 14.3.